The minimum atomic E-state index is -0.970. The Hall–Kier alpha value is -1.33. The maximum Gasteiger partial charge on any atom is 0.495 e. The Balaban J connectivity index is 1.95. The first-order valence-electron chi connectivity index (χ1n) is 9.86. The first-order valence-corrected chi connectivity index (χ1v) is 9.86. The normalized spacial score (nSPS) is 19.2. The Morgan fingerprint density at radius 1 is 0.893 bits per heavy atom. The Kier molecular flexibility index (Phi) is 5.25. The maximum absolute atomic E-state index is 10.3. The van der Waals surface area contributed by atoms with Gasteiger partial charge in [0.05, 0.1) is 22.4 Å². The van der Waals surface area contributed by atoms with Crippen molar-refractivity contribution in [3.63, 3.8) is 0 Å². The predicted molar refractivity (Wildman–Crippen MR) is 117 cm³/mol. The van der Waals surface area contributed by atoms with Gasteiger partial charge in [0.15, 0.2) is 0 Å². The molecule has 149 valence electrons. The number of hydrogen-bond donors (Lipinski definition) is 1. The van der Waals surface area contributed by atoms with Gasteiger partial charge in [0.2, 0.25) is 0 Å². The minimum Gasteiger partial charge on any atom is -0.427 e. The molecule has 1 heterocycles. The molecule has 0 aliphatic carbocycles. The third kappa shape index (κ3) is 3.76. The second kappa shape index (κ2) is 6.87. The molecule has 3 rings (SSSR count). The fourth-order valence-electron chi connectivity index (χ4n) is 2.98. The second-order valence-corrected chi connectivity index (χ2v) is 9.68. The van der Waals surface area contributed by atoms with Gasteiger partial charge in [-0.2, -0.15) is 0 Å². The van der Waals surface area contributed by atoms with Crippen molar-refractivity contribution >= 4 is 36.3 Å². The zero-order valence-corrected chi connectivity index (χ0v) is 18.3. The molecule has 0 atom stereocenters. The van der Waals surface area contributed by atoms with Crippen LogP contribution in [0.3, 0.4) is 0 Å². The van der Waals surface area contributed by atoms with Gasteiger partial charge < -0.3 is 19.1 Å². The quantitative estimate of drug-likeness (QED) is 0.810. The minimum absolute atomic E-state index is 0.386. The third-order valence-electron chi connectivity index (χ3n) is 6.45. The Labute approximate surface area is 170 Å². The van der Waals surface area contributed by atoms with Gasteiger partial charge in [-0.3, -0.25) is 0 Å². The number of fused-ring (bicyclic) bond motifs is 1. The van der Waals surface area contributed by atoms with Crippen LogP contribution in [0.4, 0.5) is 0 Å². The van der Waals surface area contributed by atoms with Gasteiger partial charge in [-0.1, -0.05) is 36.4 Å². The molecular formula is C22H31B2O4. The molecule has 0 saturated carbocycles. The molecule has 0 spiro atoms. The highest BCUT2D eigenvalue weighted by Crippen LogP contribution is 2.37. The lowest BCUT2D eigenvalue weighted by atomic mass is 9.72. The third-order valence-corrected chi connectivity index (χ3v) is 6.45. The van der Waals surface area contributed by atoms with Crippen LogP contribution in [-0.4, -0.2) is 42.1 Å². The summed E-state index contributed by atoms with van der Waals surface area (Å²) in [6.07, 6.45) is 0. The van der Waals surface area contributed by atoms with Crippen molar-refractivity contribution in [1.82, 2.24) is 0 Å². The van der Waals surface area contributed by atoms with E-state index in [4.69, 9.17) is 14.0 Å². The van der Waals surface area contributed by atoms with Crippen molar-refractivity contribution in [1.29, 1.82) is 0 Å². The molecule has 1 N–H and O–H groups in total. The summed E-state index contributed by atoms with van der Waals surface area (Å²) in [4.78, 5) is 0. The molecule has 0 bridgehead atoms. The molecule has 2 aromatic carbocycles. The lowest BCUT2D eigenvalue weighted by Crippen LogP contribution is -2.49. The van der Waals surface area contributed by atoms with Gasteiger partial charge in [-0.15, -0.1) is 0 Å². The smallest absolute Gasteiger partial charge is 0.427 e. The van der Waals surface area contributed by atoms with Crippen molar-refractivity contribution in [2.45, 2.75) is 77.8 Å². The highest BCUT2D eigenvalue weighted by atomic mass is 16.7. The van der Waals surface area contributed by atoms with Crippen LogP contribution < -0.4 is 10.9 Å². The summed E-state index contributed by atoms with van der Waals surface area (Å²) in [6.45, 7) is 15.5. The molecule has 1 radical (unpaired) electrons. The van der Waals surface area contributed by atoms with Crippen LogP contribution in [0, 0.1) is 0 Å². The Morgan fingerprint density at radius 2 is 1.43 bits per heavy atom. The van der Waals surface area contributed by atoms with Crippen LogP contribution in [0.15, 0.2) is 36.4 Å². The van der Waals surface area contributed by atoms with E-state index in [0.717, 1.165) is 21.7 Å². The first-order chi connectivity index (χ1) is 12.8. The summed E-state index contributed by atoms with van der Waals surface area (Å²) in [5, 5.41) is 12.5. The van der Waals surface area contributed by atoms with Crippen LogP contribution in [-0.2, 0) is 14.0 Å². The van der Waals surface area contributed by atoms with Gasteiger partial charge in [-0.05, 0) is 77.1 Å². The Bertz CT molecular complexity index is 852. The molecule has 1 fully saturated rings. The monoisotopic (exact) mass is 381 g/mol. The van der Waals surface area contributed by atoms with Crippen molar-refractivity contribution < 1.29 is 19.1 Å². The van der Waals surface area contributed by atoms with E-state index in [9.17, 15) is 5.11 Å². The van der Waals surface area contributed by atoms with Crippen LogP contribution in [0.1, 0.15) is 55.4 Å². The van der Waals surface area contributed by atoms with E-state index in [1.807, 2.05) is 38.1 Å². The van der Waals surface area contributed by atoms with E-state index in [-0.39, 0.29) is 11.2 Å². The summed E-state index contributed by atoms with van der Waals surface area (Å²) < 4.78 is 18.5. The maximum atomic E-state index is 10.3. The molecule has 0 amide bonds. The van der Waals surface area contributed by atoms with E-state index < -0.39 is 18.3 Å². The van der Waals surface area contributed by atoms with Gasteiger partial charge in [0, 0.05) is 0 Å². The molecule has 4 nitrogen and oxygen atoms in total. The second-order valence-electron chi connectivity index (χ2n) is 9.68. The average molecular weight is 381 g/mol. The lowest BCUT2D eigenvalue weighted by Gasteiger charge is -2.37. The average Bonchev–Trinajstić information content (AvgIpc) is 2.79. The SMILES string of the molecule is CC(C)(O)C(C)(C)O[B]c1ccc(B2OC(C)(C)C(C)(C)O2)c2ccccc12. The van der Waals surface area contributed by atoms with Gasteiger partial charge in [-0.25, -0.2) is 0 Å². The van der Waals surface area contributed by atoms with E-state index >= 15 is 0 Å². The summed E-state index contributed by atoms with van der Waals surface area (Å²) in [7, 11) is 1.31. The molecule has 1 saturated heterocycles. The fourth-order valence-corrected chi connectivity index (χ4v) is 2.98. The fraction of sp³-hybridized carbons (Fsp3) is 0.545. The number of aliphatic hydroxyl groups is 1. The Morgan fingerprint density at radius 3 is 1.96 bits per heavy atom. The number of hydrogen-bond acceptors (Lipinski definition) is 4. The molecular weight excluding hydrogens is 350 g/mol. The highest BCUT2D eigenvalue weighted by molar-refractivity contribution is 6.66. The van der Waals surface area contributed by atoms with Crippen molar-refractivity contribution in [3.05, 3.63) is 36.4 Å². The van der Waals surface area contributed by atoms with Gasteiger partial charge in [0.1, 0.15) is 0 Å². The van der Waals surface area contributed by atoms with Crippen molar-refractivity contribution in [2.75, 3.05) is 0 Å². The summed E-state index contributed by atoms with van der Waals surface area (Å²) in [5.41, 5.74) is -0.505. The molecule has 0 aromatic heterocycles. The molecule has 28 heavy (non-hydrogen) atoms. The number of rotatable bonds is 5. The van der Waals surface area contributed by atoms with Gasteiger partial charge in [0.25, 0.3) is 0 Å². The van der Waals surface area contributed by atoms with E-state index in [1.54, 1.807) is 21.3 Å². The van der Waals surface area contributed by atoms with E-state index in [1.165, 1.54) is 0 Å². The van der Waals surface area contributed by atoms with Crippen LogP contribution in [0.25, 0.3) is 10.8 Å². The summed E-state index contributed by atoms with van der Waals surface area (Å²) in [5.74, 6) is 0. The van der Waals surface area contributed by atoms with Crippen LogP contribution in [0.5, 0.6) is 0 Å². The predicted octanol–water partition coefficient (Wildman–Crippen LogP) is 2.95. The zero-order chi connectivity index (χ0) is 21.0. The zero-order valence-electron chi connectivity index (χ0n) is 18.3. The standard InChI is InChI=1S/C22H31B2O4/c1-19(2,25)20(3,4)26-23-17-13-14-18(16-12-10-9-11-15(16)17)24-27-21(5,6)22(7,8)28-24/h9-14,25H,1-8H3. The van der Waals surface area contributed by atoms with Crippen LogP contribution in [0.2, 0.25) is 0 Å². The molecule has 0 unspecified atom stereocenters. The lowest BCUT2D eigenvalue weighted by molar-refractivity contribution is -0.0893. The topological polar surface area (TPSA) is 47.9 Å². The highest BCUT2D eigenvalue weighted by Gasteiger charge is 2.52. The van der Waals surface area contributed by atoms with Crippen molar-refractivity contribution in [2.24, 2.45) is 0 Å². The summed E-state index contributed by atoms with van der Waals surface area (Å²) in [6, 6.07) is 12.2. The largest absolute Gasteiger partial charge is 0.495 e. The van der Waals surface area contributed by atoms with E-state index in [0.29, 0.717) is 0 Å². The van der Waals surface area contributed by atoms with Crippen molar-refractivity contribution in [3.8, 4) is 0 Å². The summed E-state index contributed by atoms with van der Waals surface area (Å²) >= 11 is 0. The number of benzene rings is 2. The van der Waals surface area contributed by atoms with Crippen LogP contribution >= 0.6 is 0 Å². The molecule has 6 heteroatoms. The van der Waals surface area contributed by atoms with Gasteiger partial charge >= 0.3 is 14.6 Å². The molecule has 1 aliphatic heterocycles. The molecule has 1 aliphatic rings. The first kappa shape index (κ1) is 21.4. The molecule has 2 aromatic rings. The van der Waals surface area contributed by atoms with E-state index in [2.05, 4.69) is 39.8 Å².